The zero-order valence-corrected chi connectivity index (χ0v) is 23.2. The van der Waals surface area contributed by atoms with E-state index in [-0.39, 0.29) is 11.8 Å². The Hall–Kier alpha value is -4.14. The Morgan fingerprint density at radius 1 is 0.756 bits per heavy atom. The molecule has 0 saturated carbocycles. The molecule has 1 unspecified atom stereocenters. The Bertz CT molecular complexity index is 1560. The highest BCUT2D eigenvalue weighted by Gasteiger charge is 2.59. The van der Waals surface area contributed by atoms with Crippen LogP contribution in [-0.2, 0) is 31.5 Å². The first-order valence-electron chi connectivity index (χ1n) is 14.3. The summed E-state index contributed by atoms with van der Waals surface area (Å²) in [6, 6.07) is 24.4. The monoisotopic (exact) mass is 550 g/mol. The van der Waals surface area contributed by atoms with Gasteiger partial charge in [0.2, 0.25) is 11.8 Å². The number of morpholine rings is 2. The maximum absolute atomic E-state index is 14.4. The molecule has 3 fully saturated rings. The first-order valence-corrected chi connectivity index (χ1v) is 14.3. The van der Waals surface area contributed by atoms with Gasteiger partial charge in [-0.15, -0.1) is 0 Å². The molecule has 7 rings (SSSR count). The maximum atomic E-state index is 14.4. The highest BCUT2D eigenvalue weighted by molar-refractivity contribution is 6.16. The van der Waals surface area contributed by atoms with Crippen molar-refractivity contribution >= 4 is 34.1 Å². The standard InChI is InChI=1S/C33H34N4O4/c1-35-22-28(27-10-2-3-11-29(27)35)30-31(38)34-32(39)33(30,23-6-4-8-25(20-23)36-12-16-40-17-13-36)24-7-5-9-26(21-24)37-14-18-41-19-15-37/h2-11,20-22,30H,12-19H2,1H3,(H,34,38,39). The Labute approximate surface area is 239 Å². The van der Waals surface area contributed by atoms with Crippen LogP contribution in [-0.4, -0.2) is 69.0 Å². The van der Waals surface area contributed by atoms with Crippen LogP contribution in [0, 0.1) is 0 Å². The molecule has 3 saturated heterocycles. The van der Waals surface area contributed by atoms with Gasteiger partial charge in [0, 0.05) is 61.7 Å². The van der Waals surface area contributed by atoms with Crippen LogP contribution in [0.5, 0.6) is 0 Å². The number of carbonyl (C=O) groups is 2. The van der Waals surface area contributed by atoms with E-state index < -0.39 is 11.3 Å². The van der Waals surface area contributed by atoms with Crippen molar-refractivity contribution in [2.45, 2.75) is 11.3 Å². The Morgan fingerprint density at radius 2 is 1.32 bits per heavy atom. The van der Waals surface area contributed by atoms with E-state index in [0.717, 1.165) is 65.1 Å². The average Bonchev–Trinajstić information content (AvgIpc) is 3.50. The van der Waals surface area contributed by atoms with Crippen molar-refractivity contribution in [2.75, 3.05) is 62.4 Å². The van der Waals surface area contributed by atoms with Gasteiger partial charge in [-0.25, -0.2) is 0 Å². The van der Waals surface area contributed by atoms with E-state index in [1.165, 1.54) is 0 Å². The molecule has 2 amide bonds. The maximum Gasteiger partial charge on any atom is 0.242 e. The highest BCUT2D eigenvalue weighted by Crippen LogP contribution is 2.51. The first kappa shape index (κ1) is 25.8. The molecular weight excluding hydrogens is 516 g/mol. The predicted molar refractivity (Wildman–Crippen MR) is 159 cm³/mol. The summed E-state index contributed by atoms with van der Waals surface area (Å²) in [4.78, 5) is 33.0. The van der Waals surface area contributed by atoms with E-state index in [1.54, 1.807) is 0 Å². The number of amides is 2. The van der Waals surface area contributed by atoms with Crippen LogP contribution < -0.4 is 15.1 Å². The third kappa shape index (κ3) is 4.21. The van der Waals surface area contributed by atoms with E-state index >= 15 is 0 Å². The lowest BCUT2D eigenvalue weighted by atomic mass is 9.64. The zero-order valence-electron chi connectivity index (χ0n) is 23.2. The average molecular weight is 551 g/mol. The third-order valence-corrected chi connectivity index (χ3v) is 8.88. The van der Waals surface area contributed by atoms with Crippen molar-refractivity contribution in [2.24, 2.45) is 7.05 Å². The van der Waals surface area contributed by atoms with E-state index in [4.69, 9.17) is 9.47 Å². The van der Waals surface area contributed by atoms with Crippen molar-refractivity contribution in [3.05, 3.63) is 95.7 Å². The molecule has 3 aromatic carbocycles. The molecule has 1 aromatic heterocycles. The number of fused-ring (bicyclic) bond motifs is 1. The summed E-state index contributed by atoms with van der Waals surface area (Å²) in [5, 5.41) is 3.75. The molecule has 8 heteroatoms. The molecule has 0 aliphatic carbocycles. The van der Waals surface area contributed by atoms with Crippen molar-refractivity contribution in [1.82, 2.24) is 9.88 Å². The number of anilines is 2. The van der Waals surface area contributed by atoms with E-state index in [0.29, 0.717) is 26.4 Å². The number of para-hydroxylation sites is 1. The molecule has 41 heavy (non-hydrogen) atoms. The van der Waals surface area contributed by atoms with Crippen LogP contribution in [0.4, 0.5) is 11.4 Å². The number of carbonyl (C=O) groups excluding carboxylic acids is 2. The number of imide groups is 1. The molecule has 4 aromatic rings. The fraction of sp³-hybridized carbons (Fsp3) is 0.333. The van der Waals surface area contributed by atoms with Gasteiger partial charge in [-0.05, 0) is 47.0 Å². The van der Waals surface area contributed by atoms with Crippen LogP contribution in [0.3, 0.4) is 0 Å². The molecule has 0 radical (unpaired) electrons. The van der Waals surface area contributed by atoms with Gasteiger partial charge in [-0.3, -0.25) is 14.9 Å². The SMILES string of the molecule is Cn1cc(C2C(=O)NC(=O)C2(c2cccc(N3CCOCC3)c2)c2cccc(N3CCOCC3)c2)c2ccccc21. The number of nitrogens with zero attached hydrogens (tertiary/aromatic N) is 3. The molecule has 0 bridgehead atoms. The van der Waals surface area contributed by atoms with Crippen molar-refractivity contribution in [3.8, 4) is 0 Å². The molecule has 1 atom stereocenters. The number of aromatic nitrogens is 1. The highest BCUT2D eigenvalue weighted by atomic mass is 16.5. The Morgan fingerprint density at radius 3 is 1.90 bits per heavy atom. The second-order valence-electron chi connectivity index (χ2n) is 11.1. The Balaban J connectivity index is 1.47. The normalized spacial score (nSPS) is 21.0. The fourth-order valence-corrected chi connectivity index (χ4v) is 6.89. The molecule has 0 spiro atoms. The van der Waals surface area contributed by atoms with E-state index in [2.05, 4.69) is 39.4 Å². The topological polar surface area (TPSA) is 76.0 Å². The molecule has 3 aliphatic rings. The van der Waals surface area contributed by atoms with Crippen LogP contribution in [0.15, 0.2) is 79.0 Å². The second-order valence-corrected chi connectivity index (χ2v) is 11.1. The van der Waals surface area contributed by atoms with Gasteiger partial charge in [-0.1, -0.05) is 42.5 Å². The summed E-state index contributed by atoms with van der Waals surface area (Å²) in [6.45, 7) is 5.76. The van der Waals surface area contributed by atoms with Crippen LogP contribution in [0.25, 0.3) is 10.9 Å². The summed E-state index contributed by atoms with van der Waals surface area (Å²) in [7, 11) is 1.99. The van der Waals surface area contributed by atoms with Crippen LogP contribution >= 0.6 is 0 Å². The zero-order chi connectivity index (χ0) is 28.0. The molecule has 8 nitrogen and oxygen atoms in total. The quantitative estimate of drug-likeness (QED) is 0.383. The number of benzene rings is 3. The lowest BCUT2D eigenvalue weighted by Gasteiger charge is -2.36. The predicted octanol–water partition coefficient (Wildman–Crippen LogP) is 3.58. The number of hydrogen-bond donors (Lipinski definition) is 1. The van der Waals surface area contributed by atoms with Crippen molar-refractivity contribution in [3.63, 3.8) is 0 Å². The van der Waals surface area contributed by atoms with E-state index in [1.807, 2.05) is 66.3 Å². The van der Waals surface area contributed by atoms with Gasteiger partial charge < -0.3 is 23.8 Å². The number of aryl methyl sites for hydroxylation is 1. The summed E-state index contributed by atoms with van der Waals surface area (Å²) < 4.78 is 13.2. The molecule has 1 N–H and O–H groups in total. The lowest BCUT2D eigenvalue weighted by molar-refractivity contribution is -0.126. The van der Waals surface area contributed by atoms with Gasteiger partial charge >= 0.3 is 0 Å². The number of ether oxygens (including phenoxy) is 2. The van der Waals surface area contributed by atoms with Crippen LogP contribution in [0.1, 0.15) is 22.6 Å². The summed E-state index contributed by atoms with van der Waals surface area (Å²) in [5.74, 6) is -1.32. The minimum absolute atomic E-state index is 0.278. The fourth-order valence-electron chi connectivity index (χ4n) is 6.89. The Kier molecular flexibility index (Phi) is 6.52. The van der Waals surface area contributed by atoms with Crippen molar-refractivity contribution < 1.29 is 19.1 Å². The molecule has 210 valence electrons. The molecule has 3 aliphatic heterocycles. The smallest absolute Gasteiger partial charge is 0.242 e. The summed E-state index contributed by atoms with van der Waals surface area (Å²) in [6.07, 6.45) is 2.01. The third-order valence-electron chi connectivity index (χ3n) is 8.88. The van der Waals surface area contributed by atoms with Crippen molar-refractivity contribution in [1.29, 1.82) is 0 Å². The first-order chi connectivity index (χ1) is 20.1. The number of rotatable bonds is 5. The summed E-state index contributed by atoms with van der Waals surface area (Å²) >= 11 is 0. The van der Waals surface area contributed by atoms with Gasteiger partial charge in [0.25, 0.3) is 0 Å². The number of nitrogens with one attached hydrogen (secondary N) is 1. The van der Waals surface area contributed by atoms with Crippen LogP contribution in [0.2, 0.25) is 0 Å². The van der Waals surface area contributed by atoms with Gasteiger partial charge in [0.15, 0.2) is 0 Å². The second kappa shape index (κ2) is 10.4. The van der Waals surface area contributed by atoms with Gasteiger partial charge in [0.05, 0.1) is 32.3 Å². The summed E-state index contributed by atoms with van der Waals surface area (Å²) in [5.41, 5.74) is 4.28. The molecular formula is C33H34N4O4. The van der Waals surface area contributed by atoms with E-state index in [9.17, 15) is 9.59 Å². The minimum Gasteiger partial charge on any atom is -0.378 e. The number of hydrogen-bond acceptors (Lipinski definition) is 6. The largest absolute Gasteiger partial charge is 0.378 e. The lowest BCUT2D eigenvalue weighted by Crippen LogP contribution is -2.41. The minimum atomic E-state index is -1.26. The van der Waals surface area contributed by atoms with Gasteiger partial charge in [-0.2, -0.15) is 0 Å². The molecule has 4 heterocycles. The van der Waals surface area contributed by atoms with Gasteiger partial charge in [0.1, 0.15) is 5.41 Å².